The number of nitrogens with zero attached hydrogens (tertiary/aromatic N) is 2. The molecule has 1 aliphatic carbocycles. The minimum Gasteiger partial charge on any atom is -0.492 e. The van der Waals surface area contributed by atoms with Crippen molar-refractivity contribution in [2.24, 2.45) is 0 Å². The van der Waals surface area contributed by atoms with E-state index in [0.29, 0.717) is 12.6 Å². The maximum atomic E-state index is 5.77. The van der Waals surface area contributed by atoms with Crippen LogP contribution < -0.4 is 15.0 Å². The Bertz CT molecular complexity index is 537. The summed E-state index contributed by atoms with van der Waals surface area (Å²) in [4.78, 5) is 4.73. The molecule has 0 spiro atoms. The van der Waals surface area contributed by atoms with Crippen molar-refractivity contribution in [2.45, 2.75) is 45.1 Å². The van der Waals surface area contributed by atoms with E-state index in [4.69, 9.17) is 17.0 Å². The Kier molecular flexibility index (Phi) is 6.18. The molecule has 3 rings (SSSR count). The molecule has 0 unspecified atom stereocenters. The topological polar surface area (TPSA) is 27.7 Å². The molecule has 1 heterocycles. The molecule has 5 heteroatoms. The number of anilines is 1. The molecular weight excluding hydrogens is 318 g/mol. The third kappa shape index (κ3) is 4.32. The maximum Gasteiger partial charge on any atom is 0.169 e. The van der Waals surface area contributed by atoms with Gasteiger partial charge in [0.05, 0.1) is 12.3 Å². The van der Waals surface area contributed by atoms with Gasteiger partial charge in [-0.2, -0.15) is 0 Å². The van der Waals surface area contributed by atoms with Crippen molar-refractivity contribution in [1.29, 1.82) is 0 Å². The van der Waals surface area contributed by atoms with Crippen LogP contribution in [0.5, 0.6) is 5.75 Å². The second-order valence-electron chi connectivity index (χ2n) is 6.66. The summed E-state index contributed by atoms with van der Waals surface area (Å²) >= 11 is 5.65. The molecule has 0 bridgehead atoms. The van der Waals surface area contributed by atoms with Crippen LogP contribution in [0.2, 0.25) is 0 Å². The fourth-order valence-corrected chi connectivity index (χ4v) is 4.01. The number of piperazine rings is 1. The van der Waals surface area contributed by atoms with Crippen LogP contribution in [-0.4, -0.2) is 48.8 Å². The summed E-state index contributed by atoms with van der Waals surface area (Å²) in [6, 6.07) is 8.91. The minimum absolute atomic E-state index is 0.586. The van der Waals surface area contributed by atoms with Crippen LogP contribution in [0, 0.1) is 0 Å². The zero-order valence-corrected chi connectivity index (χ0v) is 15.5. The van der Waals surface area contributed by atoms with Gasteiger partial charge in [-0.3, -0.25) is 0 Å². The molecule has 0 radical (unpaired) electrons. The molecule has 1 saturated carbocycles. The second-order valence-corrected chi connectivity index (χ2v) is 7.05. The predicted molar refractivity (Wildman–Crippen MR) is 104 cm³/mol. The standard InChI is InChI=1S/C19H29N3OS/c1-2-23-18-11-7-6-10-17(18)21-12-14-22(15-13-21)19(24)20-16-8-4-3-5-9-16/h6-7,10-11,16H,2-5,8-9,12-15H2,1H3,(H,20,24). The van der Waals surface area contributed by atoms with Crippen molar-refractivity contribution >= 4 is 23.0 Å². The van der Waals surface area contributed by atoms with Crippen LogP contribution in [-0.2, 0) is 0 Å². The fourth-order valence-electron chi connectivity index (χ4n) is 3.66. The highest BCUT2D eigenvalue weighted by atomic mass is 32.1. The molecule has 0 atom stereocenters. The molecule has 1 N–H and O–H groups in total. The summed E-state index contributed by atoms with van der Waals surface area (Å²) in [5.41, 5.74) is 1.20. The molecule has 1 aromatic carbocycles. The summed E-state index contributed by atoms with van der Waals surface area (Å²) in [6.07, 6.45) is 6.58. The van der Waals surface area contributed by atoms with E-state index >= 15 is 0 Å². The minimum atomic E-state index is 0.586. The summed E-state index contributed by atoms with van der Waals surface area (Å²) in [5.74, 6) is 0.983. The van der Waals surface area contributed by atoms with Crippen molar-refractivity contribution in [2.75, 3.05) is 37.7 Å². The van der Waals surface area contributed by atoms with E-state index in [1.54, 1.807) is 0 Å². The lowest BCUT2D eigenvalue weighted by atomic mass is 9.96. The highest BCUT2D eigenvalue weighted by molar-refractivity contribution is 7.80. The quantitative estimate of drug-likeness (QED) is 0.843. The van der Waals surface area contributed by atoms with Gasteiger partial charge in [-0.1, -0.05) is 31.4 Å². The van der Waals surface area contributed by atoms with E-state index in [9.17, 15) is 0 Å². The lowest BCUT2D eigenvalue weighted by Crippen LogP contribution is -2.53. The number of hydrogen-bond donors (Lipinski definition) is 1. The summed E-state index contributed by atoms with van der Waals surface area (Å²) in [7, 11) is 0. The van der Waals surface area contributed by atoms with Crippen molar-refractivity contribution in [3.05, 3.63) is 24.3 Å². The number of nitrogens with one attached hydrogen (secondary N) is 1. The Morgan fingerprint density at radius 2 is 1.83 bits per heavy atom. The lowest BCUT2D eigenvalue weighted by Gasteiger charge is -2.39. The van der Waals surface area contributed by atoms with E-state index in [1.807, 2.05) is 13.0 Å². The molecule has 1 aromatic rings. The first-order chi connectivity index (χ1) is 11.8. The van der Waals surface area contributed by atoms with E-state index in [-0.39, 0.29) is 0 Å². The molecule has 4 nitrogen and oxygen atoms in total. The zero-order valence-electron chi connectivity index (χ0n) is 14.7. The number of rotatable bonds is 4. The van der Waals surface area contributed by atoms with E-state index in [1.165, 1.54) is 37.8 Å². The first-order valence-electron chi connectivity index (χ1n) is 9.30. The van der Waals surface area contributed by atoms with Crippen LogP contribution in [0.3, 0.4) is 0 Å². The van der Waals surface area contributed by atoms with Gasteiger partial charge >= 0.3 is 0 Å². The smallest absolute Gasteiger partial charge is 0.169 e. The molecule has 24 heavy (non-hydrogen) atoms. The van der Waals surface area contributed by atoms with Crippen LogP contribution in [0.15, 0.2) is 24.3 Å². The average molecular weight is 348 g/mol. The Morgan fingerprint density at radius 3 is 2.54 bits per heavy atom. The van der Waals surface area contributed by atoms with Crippen LogP contribution >= 0.6 is 12.2 Å². The van der Waals surface area contributed by atoms with Crippen LogP contribution in [0.4, 0.5) is 5.69 Å². The van der Waals surface area contributed by atoms with E-state index < -0.39 is 0 Å². The number of thiocarbonyl (C=S) groups is 1. The zero-order chi connectivity index (χ0) is 16.8. The van der Waals surface area contributed by atoms with Gasteiger partial charge in [0.2, 0.25) is 0 Å². The van der Waals surface area contributed by atoms with Gasteiger partial charge in [0.15, 0.2) is 5.11 Å². The predicted octanol–water partition coefficient (Wildman–Crippen LogP) is 3.41. The Hall–Kier alpha value is -1.49. The van der Waals surface area contributed by atoms with Crippen LogP contribution in [0.1, 0.15) is 39.0 Å². The first kappa shape index (κ1) is 17.3. The fraction of sp³-hybridized carbons (Fsp3) is 0.632. The molecular formula is C19H29N3OS. The first-order valence-corrected chi connectivity index (χ1v) is 9.71. The molecule has 2 aliphatic rings. The molecule has 1 saturated heterocycles. The highest BCUT2D eigenvalue weighted by Crippen LogP contribution is 2.28. The molecule has 132 valence electrons. The van der Waals surface area contributed by atoms with Gasteiger partial charge < -0.3 is 19.9 Å². The number of para-hydroxylation sites is 2. The van der Waals surface area contributed by atoms with Crippen molar-refractivity contribution in [3.63, 3.8) is 0 Å². The van der Waals surface area contributed by atoms with Crippen molar-refractivity contribution in [3.8, 4) is 5.75 Å². The van der Waals surface area contributed by atoms with Gasteiger partial charge in [0.25, 0.3) is 0 Å². The summed E-state index contributed by atoms with van der Waals surface area (Å²) in [6.45, 7) is 6.64. The molecule has 0 aromatic heterocycles. The molecule has 2 fully saturated rings. The third-order valence-corrected chi connectivity index (χ3v) is 5.38. The van der Waals surface area contributed by atoms with Gasteiger partial charge in [-0.05, 0) is 44.1 Å². The monoisotopic (exact) mass is 347 g/mol. The summed E-state index contributed by atoms with van der Waals surface area (Å²) in [5, 5.41) is 4.53. The highest BCUT2D eigenvalue weighted by Gasteiger charge is 2.23. The Morgan fingerprint density at radius 1 is 1.12 bits per heavy atom. The van der Waals surface area contributed by atoms with Crippen molar-refractivity contribution in [1.82, 2.24) is 10.2 Å². The normalized spacial score (nSPS) is 19.2. The van der Waals surface area contributed by atoms with Gasteiger partial charge in [-0.25, -0.2) is 0 Å². The molecule has 0 amide bonds. The Labute approximate surface area is 151 Å². The lowest BCUT2D eigenvalue weighted by molar-refractivity contribution is 0.333. The summed E-state index contributed by atoms with van der Waals surface area (Å²) < 4.78 is 5.77. The van der Waals surface area contributed by atoms with E-state index in [0.717, 1.165) is 37.0 Å². The van der Waals surface area contributed by atoms with Crippen LogP contribution in [0.25, 0.3) is 0 Å². The van der Waals surface area contributed by atoms with E-state index in [2.05, 4.69) is 33.3 Å². The van der Waals surface area contributed by atoms with Gasteiger partial charge in [-0.15, -0.1) is 0 Å². The maximum absolute atomic E-state index is 5.77. The average Bonchev–Trinajstić information content (AvgIpc) is 2.63. The second kappa shape index (κ2) is 8.56. The Balaban J connectivity index is 1.53. The number of benzene rings is 1. The van der Waals surface area contributed by atoms with Gasteiger partial charge in [0, 0.05) is 32.2 Å². The number of ether oxygens (including phenoxy) is 1. The number of hydrogen-bond acceptors (Lipinski definition) is 3. The van der Waals surface area contributed by atoms with Gasteiger partial charge in [0.1, 0.15) is 5.75 Å². The SMILES string of the molecule is CCOc1ccccc1N1CCN(C(=S)NC2CCCCC2)CC1. The third-order valence-electron chi connectivity index (χ3n) is 5.01. The van der Waals surface area contributed by atoms with Crippen molar-refractivity contribution < 1.29 is 4.74 Å². The molecule has 1 aliphatic heterocycles. The largest absolute Gasteiger partial charge is 0.492 e.